The number of benzene rings is 2. The predicted octanol–water partition coefficient (Wildman–Crippen LogP) is 5.85. The molecule has 0 aliphatic carbocycles. The SMILES string of the molecule is CCc1cccc(C(C)C)c1NC(=O)NCc1cc(F)cc(C(F)(F)F)c1. The van der Waals surface area contributed by atoms with Crippen LogP contribution in [0.1, 0.15) is 48.9 Å². The van der Waals surface area contributed by atoms with Crippen LogP contribution in [0.4, 0.5) is 28.0 Å². The zero-order valence-electron chi connectivity index (χ0n) is 15.4. The van der Waals surface area contributed by atoms with E-state index in [2.05, 4.69) is 10.6 Å². The Hall–Kier alpha value is -2.57. The number of para-hydroxylation sites is 1. The third-order valence-corrected chi connectivity index (χ3v) is 4.16. The molecular weight excluding hydrogens is 360 g/mol. The molecule has 2 aromatic rings. The summed E-state index contributed by atoms with van der Waals surface area (Å²) in [4.78, 5) is 12.3. The summed E-state index contributed by atoms with van der Waals surface area (Å²) in [5.41, 5.74) is 1.57. The molecule has 0 unspecified atom stereocenters. The molecule has 0 aliphatic heterocycles. The highest BCUT2D eigenvalue weighted by Crippen LogP contribution is 2.31. The van der Waals surface area contributed by atoms with Crippen LogP contribution in [0.3, 0.4) is 0 Å². The number of carbonyl (C=O) groups is 1. The number of amides is 2. The van der Waals surface area contributed by atoms with Gasteiger partial charge >= 0.3 is 12.2 Å². The Morgan fingerprint density at radius 1 is 1.15 bits per heavy atom. The molecule has 0 heterocycles. The summed E-state index contributed by atoms with van der Waals surface area (Å²) >= 11 is 0. The van der Waals surface area contributed by atoms with E-state index < -0.39 is 23.6 Å². The summed E-state index contributed by atoms with van der Waals surface area (Å²) in [5, 5.41) is 5.26. The van der Waals surface area contributed by atoms with Gasteiger partial charge in [0.15, 0.2) is 0 Å². The zero-order chi connectivity index (χ0) is 20.2. The summed E-state index contributed by atoms with van der Waals surface area (Å²) in [6, 6.07) is 7.40. The minimum absolute atomic E-state index is 0.0327. The van der Waals surface area contributed by atoms with E-state index in [1.54, 1.807) is 0 Å². The first-order valence-electron chi connectivity index (χ1n) is 8.65. The van der Waals surface area contributed by atoms with Gasteiger partial charge in [-0.15, -0.1) is 0 Å². The predicted molar refractivity (Wildman–Crippen MR) is 97.2 cm³/mol. The second-order valence-corrected chi connectivity index (χ2v) is 6.54. The van der Waals surface area contributed by atoms with Crippen molar-refractivity contribution in [2.75, 3.05) is 5.32 Å². The molecule has 0 bridgehead atoms. The number of hydrogen-bond donors (Lipinski definition) is 2. The molecule has 2 rings (SSSR count). The van der Waals surface area contributed by atoms with Gasteiger partial charge in [0.05, 0.1) is 5.56 Å². The average molecular weight is 382 g/mol. The topological polar surface area (TPSA) is 41.1 Å². The van der Waals surface area contributed by atoms with Gasteiger partial charge in [0.25, 0.3) is 0 Å². The second kappa shape index (κ2) is 8.41. The molecule has 0 spiro atoms. The van der Waals surface area contributed by atoms with Crippen LogP contribution in [-0.2, 0) is 19.1 Å². The van der Waals surface area contributed by atoms with Crippen LogP contribution in [0.2, 0.25) is 0 Å². The van der Waals surface area contributed by atoms with Gasteiger partial charge in [0, 0.05) is 12.2 Å². The molecule has 2 aromatic carbocycles. The molecule has 0 radical (unpaired) electrons. The van der Waals surface area contributed by atoms with E-state index >= 15 is 0 Å². The summed E-state index contributed by atoms with van der Waals surface area (Å²) in [7, 11) is 0. The molecule has 0 atom stereocenters. The maximum Gasteiger partial charge on any atom is 0.416 e. The van der Waals surface area contributed by atoms with Crippen LogP contribution in [0.25, 0.3) is 0 Å². The Kier molecular flexibility index (Phi) is 6.46. The average Bonchev–Trinajstić information content (AvgIpc) is 2.58. The van der Waals surface area contributed by atoms with Crippen molar-refractivity contribution in [2.24, 2.45) is 0 Å². The second-order valence-electron chi connectivity index (χ2n) is 6.54. The van der Waals surface area contributed by atoms with Gasteiger partial charge in [-0.25, -0.2) is 9.18 Å². The highest BCUT2D eigenvalue weighted by molar-refractivity contribution is 5.91. The van der Waals surface area contributed by atoms with Crippen molar-refractivity contribution in [3.05, 3.63) is 64.5 Å². The maximum absolute atomic E-state index is 13.4. The Balaban J connectivity index is 2.13. The van der Waals surface area contributed by atoms with Gasteiger partial charge in [-0.1, -0.05) is 39.0 Å². The molecule has 3 nitrogen and oxygen atoms in total. The zero-order valence-corrected chi connectivity index (χ0v) is 15.4. The number of hydrogen-bond acceptors (Lipinski definition) is 1. The fourth-order valence-electron chi connectivity index (χ4n) is 2.80. The lowest BCUT2D eigenvalue weighted by Gasteiger charge is -2.18. The lowest BCUT2D eigenvalue weighted by molar-refractivity contribution is -0.137. The lowest BCUT2D eigenvalue weighted by atomic mass is 9.96. The lowest BCUT2D eigenvalue weighted by Crippen LogP contribution is -2.29. The third-order valence-electron chi connectivity index (χ3n) is 4.16. The number of anilines is 1. The Morgan fingerprint density at radius 3 is 2.44 bits per heavy atom. The largest absolute Gasteiger partial charge is 0.416 e. The first-order valence-corrected chi connectivity index (χ1v) is 8.65. The van der Waals surface area contributed by atoms with Gasteiger partial charge in [-0.2, -0.15) is 13.2 Å². The van der Waals surface area contributed by atoms with E-state index in [1.165, 1.54) is 0 Å². The standard InChI is InChI=1S/C20H22F4N2O/c1-4-14-6-5-7-17(12(2)3)18(14)26-19(27)25-11-13-8-15(20(22,23)24)10-16(21)9-13/h5-10,12H,4,11H2,1-3H3,(H2,25,26,27). The molecule has 0 aromatic heterocycles. The first kappa shape index (κ1) is 20.7. The third kappa shape index (κ3) is 5.45. The number of rotatable bonds is 5. The fraction of sp³-hybridized carbons (Fsp3) is 0.350. The molecule has 7 heteroatoms. The van der Waals surface area contributed by atoms with Gasteiger partial charge in [-0.3, -0.25) is 0 Å². The van der Waals surface area contributed by atoms with Gasteiger partial charge in [0.1, 0.15) is 5.82 Å². The highest BCUT2D eigenvalue weighted by atomic mass is 19.4. The van der Waals surface area contributed by atoms with Crippen LogP contribution >= 0.6 is 0 Å². The first-order chi connectivity index (χ1) is 12.6. The monoisotopic (exact) mass is 382 g/mol. The number of nitrogens with one attached hydrogen (secondary N) is 2. The smallest absolute Gasteiger partial charge is 0.334 e. The Labute approximate surface area is 155 Å². The van der Waals surface area contributed by atoms with Crippen molar-refractivity contribution < 1.29 is 22.4 Å². The van der Waals surface area contributed by atoms with E-state index in [4.69, 9.17) is 0 Å². The summed E-state index contributed by atoms with van der Waals surface area (Å²) in [6.07, 6.45) is -3.93. The van der Waals surface area contributed by atoms with Crippen LogP contribution in [0.5, 0.6) is 0 Å². The van der Waals surface area contributed by atoms with Crippen molar-refractivity contribution in [2.45, 2.75) is 45.8 Å². The Morgan fingerprint density at radius 2 is 1.85 bits per heavy atom. The van der Waals surface area contributed by atoms with Crippen LogP contribution in [0.15, 0.2) is 36.4 Å². The summed E-state index contributed by atoms with van der Waals surface area (Å²) in [6.45, 7) is 5.75. The van der Waals surface area contributed by atoms with E-state index in [0.717, 1.165) is 29.7 Å². The number of urea groups is 1. The van der Waals surface area contributed by atoms with Crippen molar-refractivity contribution in [3.63, 3.8) is 0 Å². The van der Waals surface area contributed by atoms with Crippen LogP contribution < -0.4 is 10.6 Å². The molecule has 146 valence electrons. The van der Waals surface area contributed by atoms with E-state index in [1.807, 2.05) is 39.0 Å². The fourth-order valence-corrected chi connectivity index (χ4v) is 2.80. The minimum atomic E-state index is -4.65. The van der Waals surface area contributed by atoms with Gasteiger partial charge in [-0.05, 0) is 47.2 Å². The van der Waals surface area contributed by atoms with Crippen molar-refractivity contribution >= 4 is 11.7 Å². The van der Waals surface area contributed by atoms with Gasteiger partial charge in [0.2, 0.25) is 0 Å². The van der Waals surface area contributed by atoms with Crippen LogP contribution in [0, 0.1) is 5.82 Å². The van der Waals surface area contributed by atoms with Crippen molar-refractivity contribution in [1.82, 2.24) is 5.32 Å². The van der Waals surface area contributed by atoms with Crippen molar-refractivity contribution in [3.8, 4) is 0 Å². The number of carbonyl (C=O) groups excluding carboxylic acids is 1. The summed E-state index contributed by atoms with van der Waals surface area (Å²) in [5.74, 6) is -0.815. The normalized spacial score (nSPS) is 11.6. The molecule has 2 N–H and O–H groups in total. The van der Waals surface area contributed by atoms with Crippen molar-refractivity contribution in [1.29, 1.82) is 0 Å². The Bertz CT molecular complexity index is 816. The molecule has 0 saturated carbocycles. The molecule has 0 aliphatic rings. The molecular formula is C20H22F4N2O. The van der Waals surface area contributed by atoms with E-state index in [9.17, 15) is 22.4 Å². The van der Waals surface area contributed by atoms with Crippen LogP contribution in [-0.4, -0.2) is 6.03 Å². The summed E-state index contributed by atoms with van der Waals surface area (Å²) < 4.78 is 51.8. The maximum atomic E-state index is 13.4. The van der Waals surface area contributed by atoms with E-state index in [-0.39, 0.29) is 18.0 Å². The minimum Gasteiger partial charge on any atom is -0.334 e. The quantitative estimate of drug-likeness (QED) is 0.626. The number of alkyl halides is 3. The number of halogens is 4. The van der Waals surface area contributed by atoms with Gasteiger partial charge < -0.3 is 10.6 Å². The molecule has 2 amide bonds. The highest BCUT2D eigenvalue weighted by Gasteiger charge is 2.31. The molecule has 0 saturated heterocycles. The molecule has 0 fully saturated rings. The number of aryl methyl sites for hydroxylation is 1. The van der Waals surface area contributed by atoms with E-state index in [0.29, 0.717) is 11.8 Å². The molecule has 27 heavy (non-hydrogen) atoms.